The van der Waals surface area contributed by atoms with Crippen LogP contribution in [0.5, 0.6) is 0 Å². The molecule has 0 bridgehead atoms. The van der Waals surface area contributed by atoms with E-state index in [-0.39, 0.29) is 32.0 Å². The van der Waals surface area contributed by atoms with Gasteiger partial charge < -0.3 is 4.70 Å². The van der Waals surface area contributed by atoms with Crippen LogP contribution in [0, 0.1) is 18.8 Å². The minimum Gasteiger partial charge on any atom is -1.00 e. The van der Waals surface area contributed by atoms with Gasteiger partial charge in [0.1, 0.15) is 5.41 Å². The molecule has 0 fully saturated rings. The third-order valence-electron chi connectivity index (χ3n) is 1.44. The molecule has 1 aliphatic carbocycles. The van der Waals surface area contributed by atoms with Crippen molar-refractivity contribution in [1.82, 2.24) is 0 Å². The number of halogens is 1. The second-order valence-corrected chi connectivity index (χ2v) is 3.16. The van der Waals surface area contributed by atoms with Gasteiger partial charge in [-0.2, -0.15) is 18.6 Å². The van der Waals surface area contributed by atoms with E-state index in [4.69, 9.17) is 0 Å². The molecule has 0 nitrogen and oxygen atoms in total. The van der Waals surface area contributed by atoms with E-state index in [0.717, 1.165) is 5.57 Å². The quantitative estimate of drug-likeness (QED) is 0.352. The molecule has 0 aliphatic heterocycles. The summed E-state index contributed by atoms with van der Waals surface area (Å²) in [5.74, 6) is 0. The molecule has 0 unspecified atom stereocenters. The standard InChI is InChI=1S/C10H12.FH.Pd.H2/c1-10(2,3)9-7-5-4-6-8-9;;;/h4-7H,1H2,2-3H3;1H;;1H/p-1. The third kappa shape index (κ3) is 3.83. The summed E-state index contributed by atoms with van der Waals surface area (Å²) in [7, 11) is 0. The molecule has 0 saturated heterocycles. The average molecular weight is 260 g/mol. The van der Waals surface area contributed by atoms with Gasteiger partial charge in [0.2, 0.25) is 0 Å². The van der Waals surface area contributed by atoms with Crippen molar-refractivity contribution in [3.05, 3.63) is 42.9 Å². The Labute approximate surface area is 88.9 Å². The molecule has 0 aromatic rings. The average Bonchev–Trinajstić information content (AvgIpc) is 1.88. The molecule has 1 rings (SSSR count). The molecule has 0 amide bonds. The minimum atomic E-state index is -0.0126. The fourth-order valence-electron chi connectivity index (χ4n) is 0.814. The summed E-state index contributed by atoms with van der Waals surface area (Å²) in [6.07, 6.45) is 7.95. The first kappa shape index (κ1) is 14.1. The summed E-state index contributed by atoms with van der Waals surface area (Å²) in [5, 5.41) is 0. The van der Waals surface area contributed by atoms with Crippen LogP contribution in [0.25, 0.3) is 0 Å². The van der Waals surface area contributed by atoms with E-state index in [0.29, 0.717) is 0 Å². The van der Waals surface area contributed by atoms with Gasteiger partial charge in [0.15, 0.2) is 0 Å². The Balaban J connectivity index is -0.000000333. The minimum absolute atomic E-state index is 0. The Hall–Kier alpha value is -0.408. The molecule has 0 atom stereocenters. The number of hydrogen-bond donors (Lipinski definition) is 0. The zero-order valence-corrected chi connectivity index (χ0v) is 8.77. The first-order valence-corrected chi connectivity index (χ1v) is 3.43. The van der Waals surface area contributed by atoms with Crippen LogP contribution < -0.4 is 4.70 Å². The normalized spacial score (nSPS) is 13.7. The van der Waals surface area contributed by atoms with Crippen molar-refractivity contribution in [2.45, 2.75) is 13.8 Å². The van der Waals surface area contributed by atoms with Crippen molar-refractivity contribution in [2.24, 2.45) is 5.41 Å². The summed E-state index contributed by atoms with van der Waals surface area (Å²) in [4.78, 5) is 0. The summed E-state index contributed by atoms with van der Waals surface area (Å²) < 4.78 is 0. The maximum atomic E-state index is 4.01. The van der Waals surface area contributed by atoms with Crippen LogP contribution in [0.1, 0.15) is 15.3 Å². The van der Waals surface area contributed by atoms with Crippen LogP contribution in [0.3, 0.4) is 0 Å². The van der Waals surface area contributed by atoms with E-state index < -0.39 is 0 Å². The molecule has 1 aliphatic rings. The molecule has 2 heteroatoms. The molecule has 12 heavy (non-hydrogen) atoms. The van der Waals surface area contributed by atoms with Crippen LogP contribution in [-0.4, -0.2) is 0 Å². The van der Waals surface area contributed by atoms with Crippen LogP contribution in [0.2, 0.25) is 0 Å². The molecular formula is C10H14FPd-. The molecule has 72 valence electrons. The Morgan fingerprint density at radius 3 is 2.42 bits per heavy atom. The summed E-state index contributed by atoms with van der Waals surface area (Å²) >= 11 is 0. The maximum Gasteiger partial charge on any atom is 0.109 e. The van der Waals surface area contributed by atoms with Gasteiger partial charge in [0.05, 0.1) is 6.92 Å². The molecule has 0 aromatic carbocycles. The predicted octanol–water partition coefficient (Wildman–Crippen LogP) is -0.0502. The molecule has 0 spiro atoms. The monoisotopic (exact) mass is 259 g/mol. The Morgan fingerprint density at radius 2 is 2.17 bits per heavy atom. The van der Waals surface area contributed by atoms with Crippen LogP contribution in [0.15, 0.2) is 29.5 Å². The maximum absolute atomic E-state index is 4.01. The van der Waals surface area contributed by atoms with Gasteiger partial charge in [-0.15, -0.1) is 6.08 Å². The first-order chi connectivity index (χ1) is 4.61. The number of rotatable bonds is 1. The molecule has 0 radical (unpaired) electrons. The topological polar surface area (TPSA) is 0 Å². The second kappa shape index (κ2) is 5.28. The van der Waals surface area contributed by atoms with Gasteiger partial charge in [-0.25, -0.2) is 0 Å². The summed E-state index contributed by atoms with van der Waals surface area (Å²) in [6, 6.07) is 0. The van der Waals surface area contributed by atoms with Gasteiger partial charge in [0, 0.05) is 21.8 Å². The molecular weight excluding hydrogens is 246 g/mol. The number of hydrogen-bond acceptors (Lipinski definition) is 0. The molecule has 0 saturated carbocycles. The molecule has 0 aromatic heterocycles. The second-order valence-electron chi connectivity index (χ2n) is 3.16. The van der Waals surface area contributed by atoms with Gasteiger partial charge in [-0.3, -0.25) is 5.73 Å². The molecule has 0 heterocycles. The van der Waals surface area contributed by atoms with Gasteiger partial charge >= 0.3 is 0 Å². The Morgan fingerprint density at radius 1 is 1.58 bits per heavy atom. The van der Waals surface area contributed by atoms with Crippen LogP contribution in [0.4, 0.5) is 0 Å². The Bertz CT molecular complexity index is 220. The summed E-state index contributed by atoms with van der Waals surface area (Å²) in [6.45, 7) is 8.17. The largest absolute Gasteiger partial charge is 1.00 e. The Kier molecular flexibility index (Phi) is 6.21. The van der Waals surface area contributed by atoms with Gasteiger partial charge in [-0.1, -0.05) is 5.57 Å². The van der Waals surface area contributed by atoms with Crippen molar-refractivity contribution in [2.75, 3.05) is 0 Å². The van der Waals surface area contributed by atoms with Crippen LogP contribution >= 0.6 is 0 Å². The SMILES string of the molecule is [CH2+]C(C)(C)C1=C=C[CH-]C=C1.[F-].[HH].[Pd]. The van der Waals surface area contributed by atoms with Gasteiger partial charge in [-0.05, 0) is 13.8 Å². The fraction of sp³-hybridized carbons (Fsp3) is 0.300. The predicted molar refractivity (Wildman–Crippen MR) is 46.3 cm³/mol. The van der Waals surface area contributed by atoms with E-state index in [1.807, 2.05) is 24.6 Å². The van der Waals surface area contributed by atoms with Crippen LogP contribution in [-0.2, 0) is 20.4 Å². The van der Waals surface area contributed by atoms with E-state index in [9.17, 15) is 0 Å². The third-order valence-corrected chi connectivity index (χ3v) is 1.44. The van der Waals surface area contributed by atoms with Crippen molar-refractivity contribution in [1.29, 1.82) is 0 Å². The van der Waals surface area contributed by atoms with Gasteiger partial charge in [0.25, 0.3) is 0 Å². The van der Waals surface area contributed by atoms with Crippen molar-refractivity contribution in [3.8, 4) is 0 Å². The van der Waals surface area contributed by atoms with E-state index >= 15 is 0 Å². The zero-order valence-electron chi connectivity index (χ0n) is 7.21. The summed E-state index contributed by atoms with van der Waals surface area (Å²) in [5.41, 5.74) is 4.30. The van der Waals surface area contributed by atoms with Crippen molar-refractivity contribution < 1.29 is 26.6 Å². The van der Waals surface area contributed by atoms with E-state index in [1.165, 1.54) is 0 Å². The van der Waals surface area contributed by atoms with E-state index in [1.54, 1.807) is 0 Å². The first-order valence-electron chi connectivity index (χ1n) is 3.43. The fourth-order valence-corrected chi connectivity index (χ4v) is 0.814. The smallest absolute Gasteiger partial charge is 0.109 e. The molecule has 0 N–H and O–H groups in total. The van der Waals surface area contributed by atoms with Crippen molar-refractivity contribution in [3.63, 3.8) is 0 Å². The van der Waals surface area contributed by atoms with Crippen molar-refractivity contribution >= 4 is 0 Å². The number of allylic oxidation sites excluding steroid dienone is 3. The zero-order chi connectivity index (χ0) is 7.61. The van der Waals surface area contributed by atoms with E-state index in [2.05, 4.69) is 26.5 Å².